The Labute approximate surface area is 135 Å². The highest BCUT2D eigenvalue weighted by Crippen LogP contribution is 2.15. The summed E-state index contributed by atoms with van der Waals surface area (Å²) in [7, 11) is 1.59. The van der Waals surface area contributed by atoms with E-state index in [4.69, 9.17) is 5.73 Å². The van der Waals surface area contributed by atoms with Crippen LogP contribution in [-0.2, 0) is 9.59 Å². The fraction of sp³-hybridized carbons (Fsp3) is 0.571. The van der Waals surface area contributed by atoms with Gasteiger partial charge in [0, 0.05) is 24.3 Å². The molecule has 3 N–H and O–H groups in total. The van der Waals surface area contributed by atoms with Gasteiger partial charge in [-0.3, -0.25) is 9.59 Å². The predicted octanol–water partition coefficient (Wildman–Crippen LogP) is 0.832. The third-order valence-electron chi connectivity index (χ3n) is 2.50. The van der Waals surface area contributed by atoms with E-state index >= 15 is 0 Å². The number of nitrogens with two attached hydrogens (primary N) is 1. The Hall–Kier alpha value is -1.83. The number of anilines is 1. The van der Waals surface area contributed by atoms with Crippen LogP contribution in [0.25, 0.3) is 0 Å². The van der Waals surface area contributed by atoms with Crippen molar-refractivity contribution in [1.29, 1.82) is 0 Å². The molecule has 0 aromatic carbocycles. The summed E-state index contributed by atoms with van der Waals surface area (Å²) in [5.74, 6) is 0.171. The highest BCUT2D eigenvalue weighted by molar-refractivity contribution is 7.99. The van der Waals surface area contributed by atoms with Crippen LogP contribution in [0.5, 0.6) is 0 Å². The van der Waals surface area contributed by atoms with Gasteiger partial charge in [0.05, 0.1) is 12.3 Å². The third-order valence-corrected chi connectivity index (χ3v) is 3.33. The molecule has 0 radical (unpaired) electrons. The van der Waals surface area contributed by atoms with Crippen molar-refractivity contribution < 1.29 is 9.59 Å². The van der Waals surface area contributed by atoms with Crippen LogP contribution >= 0.6 is 11.8 Å². The highest BCUT2D eigenvalue weighted by atomic mass is 32.2. The summed E-state index contributed by atoms with van der Waals surface area (Å²) in [6.45, 7) is 7.51. The fourth-order valence-electron chi connectivity index (χ4n) is 1.63. The number of amides is 2. The first-order valence-corrected chi connectivity index (χ1v) is 7.84. The molecule has 0 aliphatic carbocycles. The zero-order valence-electron chi connectivity index (χ0n) is 13.6. The Balaban J connectivity index is 2.49. The number of carbonyl (C=O) groups excluding carboxylic acids is 2. The number of likely N-dealkylation sites (N-methyl/N-ethyl adjacent to an activating group) is 1. The molecular weight excluding hydrogens is 302 g/mol. The van der Waals surface area contributed by atoms with Crippen molar-refractivity contribution in [2.24, 2.45) is 0 Å². The number of nitrogens with zero attached hydrogens (tertiary/aromatic N) is 3. The van der Waals surface area contributed by atoms with E-state index in [1.54, 1.807) is 13.1 Å². The number of rotatable bonds is 5. The normalized spacial score (nSPS) is 11.1. The van der Waals surface area contributed by atoms with E-state index in [0.717, 1.165) is 5.69 Å². The van der Waals surface area contributed by atoms with Gasteiger partial charge in [-0.05, 0) is 27.7 Å². The van der Waals surface area contributed by atoms with Crippen molar-refractivity contribution >= 4 is 29.4 Å². The van der Waals surface area contributed by atoms with Gasteiger partial charge in [0.2, 0.25) is 11.8 Å². The number of nitrogens with one attached hydrogen (secondary N) is 1. The average molecular weight is 325 g/mol. The lowest BCUT2D eigenvalue weighted by atomic mass is 10.1. The van der Waals surface area contributed by atoms with Crippen LogP contribution in [0.15, 0.2) is 11.2 Å². The smallest absolute Gasteiger partial charge is 0.240 e. The molecule has 0 saturated heterocycles. The summed E-state index contributed by atoms with van der Waals surface area (Å²) in [6, 6.07) is 1.66. The molecule has 0 bridgehead atoms. The molecule has 1 heterocycles. The van der Waals surface area contributed by atoms with Crippen LogP contribution in [0.3, 0.4) is 0 Å². The van der Waals surface area contributed by atoms with Crippen LogP contribution in [0.2, 0.25) is 0 Å². The van der Waals surface area contributed by atoms with Crippen LogP contribution in [0.1, 0.15) is 26.5 Å². The monoisotopic (exact) mass is 325 g/mol. The Morgan fingerprint density at radius 2 is 2.00 bits per heavy atom. The van der Waals surface area contributed by atoms with Crippen molar-refractivity contribution in [3.8, 4) is 0 Å². The molecule has 0 aliphatic rings. The van der Waals surface area contributed by atoms with E-state index in [-0.39, 0.29) is 29.7 Å². The number of aryl methyl sites for hydroxylation is 1. The van der Waals surface area contributed by atoms with Crippen LogP contribution in [-0.4, -0.2) is 51.6 Å². The summed E-state index contributed by atoms with van der Waals surface area (Å²) in [6.07, 6.45) is 0. The number of carbonyl (C=O) groups is 2. The molecule has 1 aromatic rings. The molecule has 0 atom stereocenters. The molecule has 0 fully saturated rings. The maximum Gasteiger partial charge on any atom is 0.240 e. The van der Waals surface area contributed by atoms with E-state index in [2.05, 4.69) is 15.3 Å². The number of thioether (sulfide) groups is 1. The standard InChI is InChI=1S/C14H23N5O2S/c1-9-6-10(15)17-13(16-9)22-8-12(21)19(5)7-11(20)18-14(2,3)4/h6H,7-8H2,1-5H3,(H,18,20)(H2,15,16,17). The number of hydrogen-bond donors (Lipinski definition) is 2. The highest BCUT2D eigenvalue weighted by Gasteiger charge is 2.18. The van der Waals surface area contributed by atoms with Crippen molar-refractivity contribution in [2.75, 3.05) is 25.1 Å². The summed E-state index contributed by atoms with van der Waals surface area (Å²) < 4.78 is 0. The van der Waals surface area contributed by atoms with E-state index < -0.39 is 0 Å². The Morgan fingerprint density at radius 3 is 2.55 bits per heavy atom. The molecule has 0 spiro atoms. The Morgan fingerprint density at radius 1 is 1.36 bits per heavy atom. The van der Waals surface area contributed by atoms with Gasteiger partial charge in [0.1, 0.15) is 5.82 Å². The second-order valence-electron chi connectivity index (χ2n) is 6.05. The Kier molecular flexibility index (Phi) is 6.16. The minimum atomic E-state index is -0.317. The molecule has 0 saturated carbocycles. The van der Waals surface area contributed by atoms with E-state index in [1.807, 2.05) is 27.7 Å². The molecule has 2 amide bonds. The lowest BCUT2D eigenvalue weighted by Gasteiger charge is -2.23. The molecule has 7 nitrogen and oxygen atoms in total. The van der Waals surface area contributed by atoms with Gasteiger partial charge in [-0.1, -0.05) is 11.8 Å². The minimum absolute atomic E-state index is 0.0213. The first kappa shape index (κ1) is 18.2. The van der Waals surface area contributed by atoms with Crippen molar-refractivity contribution in [2.45, 2.75) is 38.4 Å². The molecular formula is C14H23N5O2S. The largest absolute Gasteiger partial charge is 0.384 e. The topological polar surface area (TPSA) is 101 Å². The first-order chi connectivity index (χ1) is 10.1. The lowest BCUT2D eigenvalue weighted by Crippen LogP contribution is -2.46. The van der Waals surface area contributed by atoms with Gasteiger partial charge in [-0.2, -0.15) is 0 Å². The van der Waals surface area contributed by atoms with E-state index in [1.165, 1.54) is 16.7 Å². The lowest BCUT2D eigenvalue weighted by molar-refractivity contribution is -0.133. The van der Waals surface area contributed by atoms with Gasteiger partial charge in [0.15, 0.2) is 5.16 Å². The third kappa shape index (κ3) is 6.75. The van der Waals surface area contributed by atoms with Crippen LogP contribution in [0.4, 0.5) is 5.82 Å². The first-order valence-electron chi connectivity index (χ1n) is 6.86. The molecule has 8 heteroatoms. The second kappa shape index (κ2) is 7.44. The quantitative estimate of drug-likeness (QED) is 0.614. The number of hydrogen-bond acceptors (Lipinski definition) is 6. The average Bonchev–Trinajstić information content (AvgIpc) is 2.32. The molecule has 0 unspecified atom stereocenters. The summed E-state index contributed by atoms with van der Waals surface area (Å²) in [4.78, 5) is 33.4. The van der Waals surface area contributed by atoms with Crippen LogP contribution < -0.4 is 11.1 Å². The minimum Gasteiger partial charge on any atom is -0.384 e. The molecule has 0 aliphatic heterocycles. The zero-order valence-corrected chi connectivity index (χ0v) is 14.5. The van der Waals surface area contributed by atoms with Crippen molar-refractivity contribution in [3.05, 3.63) is 11.8 Å². The summed E-state index contributed by atoms with van der Waals surface area (Å²) in [5, 5.41) is 3.27. The van der Waals surface area contributed by atoms with Gasteiger partial charge < -0.3 is 16.0 Å². The predicted molar refractivity (Wildman–Crippen MR) is 87.4 cm³/mol. The second-order valence-corrected chi connectivity index (χ2v) is 7.00. The molecule has 1 rings (SSSR count). The van der Waals surface area contributed by atoms with Gasteiger partial charge in [-0.25, -0.2) is 9.97 Å². The van der Waals surface area contributed by atoms with Crippen molar-refractivity contribution in [1.82, 2.24) is 20.2 Å². The molecule has 1 aromatic heterocycles. The van der Waals surface area contributed by atoms with E-state index in [0.29, 0.717) is 11.0 Å². The van der Waals surface area contributed by atoms with E-state index in [9.17, 15) is 9.59 Å². The summed E-state index contributed by atoms with van der Waals surface area (Å²) in [5.41, 5.74) is 6.07. The van der Waals surface area contributed by atoms with Crippen LogP contribution in [0, 0.1) is 6.92 Å². The molecule has 122 valence electrons. The SMILES string of the molecule is Cc1cc(N)nc(SCC(=O)N(C)CC(=O)NC(C)(C)C)n1. The maximum absolute atomic E-state index is 12.0. The Bertz CT molecular complexity index is 536. The maximum atomic E-state index is 12.0. The van der Waals surface area contributed by atoms with Gasteiger partial charge in [-0.15, -0.1) is 0 Å². The molecule has 22 heavy (non-hydrogen) atoms. The summed E-state index contributed by atoms with van der Waals surface area (Å²) >= 11 is 1.20. The van der Waals surface area contributed by atoms with Gasteiger partial charge >= 0.3 is 0 Å². The van der Waals surface area contributed by atoms with Gasteiger partial charge in [0.25, 0.3) is 0 Å². The van der Waals surface area contributed by atoms with Crippen molar-refractivity contribution in [3.63, 3.8) is 0 Å². The number of aromatic nitrogens is 2. The zero-order chi connectivity index (χ0) is 16.9. The number of nitrogen functional groups attached to an aromatic ring is 1. The fourth-order valence-corrected chi connectivity index (χ4v) is 2.48.